The first-order chi connectivity index (χ1) is 10.3. The highest BCUT2D eigenvalue weighted by Crippen LogP contribution is 2.25. The number of nitrogens with two attached hydrogens (primary N) is 1. The number of hydrogen-bond acceptors (Lipinski definition) is 4. The molecule has 0 saturated carbocycles. The molecule has 0 radical (unpaired) electrons. The minimum Gasteiger partial charge on any atom is -0.352 e. The van der Waals surface area contributed by atoms with Crippen molar-refractivity contribution in [3.05, 3.63) is 33.9 Å². The second-order valence-corrected chi connectivity index (χ2v) is 5.07. The Hall–Kier alpha value is -2.64. The fourth-order valence-corrected chi connectivity index (χ4v) is 2.02. The second kappa shape index (κ2) is 7.39. The zero-order valence-corrected chi connectivity index (χ0v) is 12.8. The maximum absolute atomic E-state index is 12.3. The molecule has 2 atom stereocenters. The maximum Gasteiger partial charge on any atom is 0.312 e. The van der Waals surface area contributed by atoms with Crippen molar-refractivity contribution in [1.29, 1.82) is 0 Å². The SMILES string of the molecule is CCC(C)C(NC(N)=O)C(=O)Nc1cccc([N+](=O)[O-])c1C. The van der Waals surface area contributed by atoms with Gasteiger partial charge in [0.1, 0.15) is 6.04 Å². The third-order valence-corrected chi connectivity index (χ3v) is 3.55. The third-order valence-electron chi connectivity index (χ3n) is 3.55. The first-order valence-electron chi connectivity index (χ1n) is 6.88. The molecule has 120 valence electrons. The quantitative estimate of drug-likeness (QED) is 0.548. The largest absolute Gasteiger partial charge is 0.352 e. The molecule has 8 nitrogen and oxygen atoms in total. The van der Waals surface area contributed by atoms with Gasteiger partial charge in [-0.2, -0.15) is 0 Å². The minimum atomic E-state index is -0.804. The number of hydrogen-bond donors (Lipinski definition) is 3. The van der Waals surface area contributed by atoms with Gasteiger partial charge < -0.3 is 16.4 Å². The van der Waals surface area contributed by atoms with E-state index >= 15 is 0 Å². The van der Waals surface area contributed by atoms with Crippen LogP contribution in [0.15, 0.2) is 18.2 Å². The van der Waals surface area contributed by atoms with E-state index < -0.39 is 22.9 Å². The molecule has 1 aromatic carbocycles. The summed E-state index contributed by atoms with van der Waals surface area (Å²) in [5.41, 5.74) is 5.69. The lowest BCUT2D eigenvalue weighted by Crippen LogP contribution is -2.49. The molecule has 0 aliphatic rings. The molecule has 3 amide bonds. The van der Waals surface area contributed by atoms with Crippen molar-refractivity contribution < 1.29 is 14.5 Å². The normalized spacial score (nSPS) is 13.0. The lowest BCUT2D eigenvalue weighted by molar-refractivity contribution is -0.385. The molecule has 0 fully saturated rings. The molecule has 0 aromatic heterocycles. The van der Waals surface area contributed by atoms with Crippen molar-refractivity contribution in [2.75, 3.05) is 5.32 Å². The third kappa shape index (κ3) is 4.18. The Kier molecular flexibility index (Phi) is 5.85. The van der Waals surface area contributed by atoms with Gasteiger partial charge in [-0.3, -0.25) is 14.9 Å². The number of nitro benzene ring substituents is 1. The number of carbonyl (C=O) groups excluding carboxylic acids is 2. The van der Waals surface area contributed by atoms with E-state index in [0.29, 0.717) is 17.7 Å². The van der Waals surface area contributed by atoms with E-state index in [1.54, 1.807) is 19.9 Å². The first-order valence-corrected chi connectivity index (χ1v) is 6.88. The molecule has 8 heteroatoms. The number of urea groups is 1. The van der Waals surface area contributed by atoms with Crippen molar-refractivity contribution in [3.8, 4) is 0 Å². The van der Waals surface area contributed by atoms with Crippen LogP contribution in [0.25, 0.3) is 0 Å². The van der Waals surface area contributed by atoms with Crippen LogP contribution in [-0.4, -0.2) is 22.9 Å². The summed E-state index contributed by atoms with van der Waals surface area (Å²) in [6.45, 7) is 5.24. The fraction of sp³-hybridized carbons (Fsp3) is 0.429. The number of carbonyl (C=O) groups is 2. The summed E-state index contributed by atoms with van der Waals surface area (Å²) >= 11 is 0. The highest BCUT2D eigenvalue weighted by atomic mass is 16.6. The van der Waals surface area contributed by atoms with Crippen molar-refractivity contribution in [1.82, 2.24) is 5.32 Å². The molecular weight excluding hydrogens is 288 g/mol. The minimum absolute atomic E-state index is 0.0826. The molecule has 1 rings (SSSR count). The summed E-state index contributed by atoms with van der Waals surface area (Å²) in [6.07, 6.45) is 0.659. The molecule has 0 spiro atoms. The van der Waals surface area contributed by atoms with Gasteiger partial charge in [0.25, 0.3) is 5.69 Å². The van der Waals surface area contributed by atoms with Crippen LogP contribution in [0.5, 0.6) is 0 Å². The number of primary amides is 1. The van der Waals surface area contributed by atoms with Crippen LogP contribution < -0.4 is 16.4 Å². The fourth-order valence-electron chi connectivity index (χ4n) is 2.02. The van der Waals surface area contributed by atoms with E-state index in [0.717, 1.165) is 0 Å². The Bertz CT molecular complexity index is 588. The first kappa shape index (κ1) is 17.4. The van der Waals surface area contributed by atoms with Crippen LogP contribution in [0.3, 0.4) is 0 Å². The van der Waals surface area contributed by atoms with Gasteiger partial charge in [0.05, 0.1) is 16.2 Å². The Morgan fingerprint density at radius 1 is 1.41 bits per heavy atom. The zero-order valence-electron chi connectivity index (χ0n) is 12.8. The van der Waals surface area contributed by atoms with Gasteiger partial charge in [0.15, 0.2) is 0 Å². The Morgan fingerprint density at radius 2 is 2.05 bits per heavy atom. The molecule has 1 aromatic rings. The Morgan fingerprint density at radius 3 is 2.55 bits per heavy atom. The summed E-state index contributed by atoms with van der Waals surface area (Å²) in [5, 5.41) is 15.9. The van der Waals surface area contributed by atoms with Crippen molar-refractivity contribution >= 4 is 23.3 Å². The lowest BCUT2D eigenvalue weighted by atomic mass is 9.98. The van der Waals surface area contributed by atoms with E-state index in [9.17, 15) is 19.7 Å². The number of amides is 3. The van der Waals surface area contributed by atoms with Crippen molar-refractivity contribution in [2.45, 2.75) is 33.2 Å². The van der Waals surface area contributed by atoms with Gasteiger partial charge in [-0.15, -0.1) is 0 Å². The number of nitrogens with one attached hydrogen (secondary N) is 2. The van der Waals surface area contributed by atoms with Crippen molar-refractivity contribution in [2.24, 2.45) is 11.7 Å². The number of nitrogens with zero attached hydrogens (tertiary/aromatic N) is 1. The molecular formula is C14H20N4O4. The van der Waals surface area contributed by atoms with Crippen molar-refractivity contribution in [3.63, 3.8) is 0 Å². The van der Waals surface area contributed by atoms with E-state index in [-0.39, 0.29) is 11.6 Å². The topological polar surface area (TPSA) is 127 Å². The highest BCUT2D eigenvalue weighted by molar-refractivity contribution is 5.98. The molecule has 22 heavy (non-hydrogen) atoms. The summed E-state index contributed by atoms with van der Waals surface area (Å²) in [5.74, 6) is -0.594. The Labute approximate surface area is 128 Å². The summed E-state index contributed by atoms with van der Waals surface area (Å²) < 4.78 is 0. The molecule has 0 bridgehead atoms. The molecule has 4 N–H and O–H groups in total. The average molecular weight is 308 g/mol. The second-order valence-electron chi connectivity index (χ2n) is 5.07. The number of anilines is 1. The van der Waals surface area contributed by atoms with Crippen LogP contribution >= 0.6 is 0 Å². The van der Waals surface area contributed by atoms with Crippen LogP contribution in [0.1, 0.15) is 25.8 Å². The molecule has 0 aliphatic carbocycles. The maximum atomic E-state index is 12.3. The van der Waals surface area contributed by atoms with Gasteiger partial charge in [0.2, 0.25) is 5.91 Å². The molecule has 0 aliphatic heterocycles. The summed E-state index contributed by atoms with van der Waals surface area (Å²) in [4.78, 5) is 33.8. The number of benzene rings is 1. The average Bonchev–Trinajstić information content (AvgIpc) is 2.45. The molecule has 0 heterocycles. The number of rotatable bonds is 6. The van der Waals surface area contributed by atoms with Crippen LogP contribution in [0.2, 0.25) is 0 Å². The van der Waals surface area contributed by atoms with Crippen LogP contribution in [0.4, 0.5) is 16.2 Å². The predicted molar refractivity (Wildman–Crippen MR) is 82.4 cm³/mol. The van der Waals surface area contributed by atoms with E-state index in [1.165, 1.54) is 12.1 Å². The standard InChI is InChI=1S/C14H20N4O4/c1-4-8(2)12(17-14(15)20)13(19)16-10-6-5-7-11(9(10)3)18(21)22/h5-8,12H,4H2,1-3H3,(H,16,19)(H3,15,17,20). The van der Waals surface area contributed by atoms with Gasteiger partial charge >= 0.3 is 6.03 Å². The summed E-state index contributed by atoms with van der Waals surface area (Å²) in [6, 6.07) is 2.81. The highest BCUT2D eigenvalue weighted by Gasteiger charge is 2.26. The molecule has 2 unspecified atom stereocenters. The van der Waals surface area contributed by atoms with Crippen LogP contribution in [0, 0.1) is 23.0 Å². The number of nitro groups is 1. The monoisotopic (exact) mass is 308 g/mol. The smallest absolute Gasteiger partial charge is 0.312 e. The van der Waals surface area contributed by atoms with E-state index in [1.807, 2.05) is 6.92 Å². The predicted octanol–water partition coefficient (Wildman–Crippen LogP) is 1.92. The van der Waals surface area contributed by atoms with Gasteiger partial charge in [-0.1, -0.05) is 26.3 Å². The zero-order chi connectivity index (χ0) is 16.9. The van der Waals surface area contributed by atoms with Gasteiger partial charge in [0, 0.05) is 6.07 Å². The Balaban J connectivity index is 3.01. The van der Waals surface area contributed by atoms with Crippen LogP contribution in [-0.2, 0) is 4.79 Å². The van der Waals surface area contributed by atoms with Gasteiger partial charge in [-0.25, -0.2) is 4.79 Å². The molecule has 0 saturated heterocycles. The lowest BCUT2D eigenvalue weighted by Gasteiger charge is -2.23. The van der Waals surface area contributed by atoms with E-state index in [2.05, 4.69) is 10.6 Å². The van der Waals surface area contributed by atoms with E-state index in [4.69, 9.17) is 5.73 Å². The summed E-state index contributed by atoms with van der Waals surface area (Å²) in [7, 11) is 0. The van der Waals surface area contributed by atoms with Gasteiger partial charge in [-0.05, 0) is 18.9 Å².